The van der Waals surface area contributed by atoms with Crippen molar-refractivity contribution in [1.29, 1.82) is 0 Å². The number of carbonyl (C=O) groups is 1. The number of amides is 1. The Morgan fingerprint density at radius 2 is 1.70 bits per heavy atom. The van der Waals surface area contributed by atoms with Crippen LogP contribution < -0.4 is 4.90 Å². The number of rotatable bonds is 4. The van der Waals surface area contributed by atoms with Crippen LogP contribution in [-0.4, -0.2) is 66.6 Å². The Morgan fingerprint density at radius 1 is 1.03 bits per heavy atom. The standard InChI is InChI=1S/C26H35N5O5Si/c1-25(2,3)37(26(4,5)6)35-19-18(33-8)23(34-24(19)36-37)31-15-29-17-20(27-14-28-21(17)31)30(7)22(32)16-12-10-9-11-13-16/h9-15,18-19,23-24H,1-8H3/t18?,19-,23+,24+/m0/s1. The van der Waals surface area contributed by atoms with Gasteiger partial charge in [0.05, 0.1) is 6.33 Å². The van der Waals surface area contributed by atoms with Gasteiger partial charge in [0.1, 0.15) is 18.5 Å². The van der Waals surface area contributed by atoms with Gasteiger partial charge in [-0.25, -0.2) is 15.0 Å². The predicted octanol–water partition coefficient (Wildman–Crippen LogP) is 4.43. The van der Waals surface area contributed by atoms with E-state index < -0.39 is 27.2 Å². The molecule has 4 heterocycles. The zero-order valence-electron chi connectivity index (χ0n) is 22.6. The highest BCUT2D eigenvalue weighted by atomic mass is 28.4. The molecule has 2 aromatic heterocycles. The molecule has 2 aliphatic rings. The van der Waals surface area contributed by atoms with Gasteiger partial charge in [0.2, 0.25) is 0 Å². The van der Waals surface area contributed by atoms with Gasteiger partial charge in [-0.3, -0.25) is 14.3 Å². The van der Waals surface area contributed by atoms with Crippen LogP contribution in [0.4, 0.5) is 5.82 Å². The maximum atomic E-state index is 13.1. The third-order valence-corrected chi connectivity index (χ3v) is 12.4. The van der Waals surface area contributed by atoms with Crippen molar-refractivity contribution in [3.05, 3.63) is 48.5 Å². The Morgan fingerprint density at radius 3 is 2.32 bits per heavy atom. The van der Waals surface area contributed by atoms with Crippen molar-refractivity contribution in [3.8, 4) is 0 Å². The molecule has 1 aromatic carbocycles. The lowest BCUT2D eigenvalue weighted by Gasteiger charge is -2.46. The van der Waals surface area contributed by atoms with Gasteiger partial charge >= 0.3 is 8.56 Å². The van der Waals surface area contributed by atoms with Crippen LogP contribution in [-0.2, 0) is 18.3 Å². The maximum absolute atomic E-state index is 13.1. The quantitative estimate of drug-likeness (QED) is 0.461. The van der Waals surface area contributed by atoms with Crippen LogP contribution in [0.1, 0.15) is 58.1 Å². The van der Waals surface area contributed by atoms with Crippen molar-refractivity contribution in [2.45, 2.75) is 76.3 Å². The van der Waals surface area contributed by atoms with E-state index in [1.807, 2.05) is 18.2 Å². The Kier molecular flexibility index (Phi) is 6.27. The highest BCUT2D eigenvalue weighted by molar-refractivity contribution is 6.74. The lowest BCUT2D eigenvalue weighted by molar-refractivity contribution is -0.113. The average molecular weight is 526 g/mol. The third-order valence-electron chi connectivity index (χ3n) is 7.23. The number of imidazole rings is 1. The molecule has 198 valence electrons. The van der Waals surface area contributed by atoms with E-state index in [0.717, 1.165) is 0 Å². The lowest BCUT2D eigenvalue weighted by atomic mass is 10.2. The summed E-state index contributed by atoms with van der Waals surface area (Å²) in [5.41, 5.74) is 1.57. The number of fused-ring (bicyclic) bond motifs is 2. The van der Waals surface area contributed by atoms with E-state index in [9.17, 15) is 4.79 Å². The molecule has 0 aliphatic carbocycles. The van der Waals surface area contributed by atoms with Gasteiger partial charge in [-0.1, -0.05) is 59.7 Å². The molecule has 5 rings (SSSR count). The number of carbonyl (C=O) groups excluding carboxylic acids is 1. The van der Waals surface area contributed by atoms with E-state index in [0.29, 0.717) is 22.5 Å². The first-order valence-corrected chi connectivity index (χ1v) is 14.3. The molecular weight excluding hydrogens is 490 g/mol. The Hall–Kier alpha value is -2.70. The molecule has 0 saturated carbocycles. The van der Waals surface area contributed by atoms with Gasteiger partial charge in [-0.2, -0.15) is 0 Å². The fraction of sp³-hybridized carbons (Fsp3) is 0.538. The number of anilines is 1. The molecule has 2 aliphatic heterocycles. The van der Waals surface area contributed by atoms with Gasteiger partial charge < -0.3 is 18.3 Å². The Balaban J connectivity index is 1.47. The van der Waals surface area contributed by atoms with Crippen molar-refractivity contribution in [1.82, 2.24) is 19.5 Å². The van der Waals surface area contributed by atoms with Crippen molar-refractivity contribution in [2.75, 3.05) is 19.1 Å². The summed E-state index contributed by atoms with van der Waals surface area (Å²) in [4.78, 5) is 27.9. The highest BCUT2D eigenvalue weighted by Crippen LogP contribution is 2.58. The minimum absolute atomic E-state index is 0.174. The van der Waals surface area contributed by atoms with E-state index in [4.69, 9.17) is 18.3 Å². The summed E-state index contributed by atoms with van der Waals surface area (Å²) in [7, 11) is 0.597. The van der Waals surface area contributed by atoms with Crippen LogP contribution >= 0.6 is 0 Å². The fourth-order valence-electron chi connectivity index (χ4n) is 5.66. The van der Waals surface area contributed by atoms with Crippen LogP contribution in [0.2, 0.25) is 10.1 Å². The molecule has 11 heteroatoms. The summed E-state index contributed by atoms with van der Waals surface area (Å²) in [6.07, 6.45) is 1.09. The summed E-state index contributed by atoms with van der Waals surface area (Å²) in [5.74, 6) is 0.216. The number of ether oxygens (including phenoxy) is 2. The molecule has 1 amide bonds. The second-order valence-corrected chi connectivity index (χ2v) is 16.4. The Labute approximate surface area is 218 Å². The number of methoxy groups -OCH3 is 1. The molecule has 2 fully saturated rings. The molecule has 0 N–H and O–H groups in total. The molecule has 0 spiro atoms. The van der Waals surface area contributed by atoms with Crippen LogP contribution in [0.25, 0.3) is 11.2 Å². The molecular formula is C26H35N5O5Si. The third kappa shape index (κ3) is 4.00. The van der Waals surface area contributed by atoms with E-state index in [2.05, 4.69) is 56.5 Å². The smallest absolute Gasteiger partial charge is 0.351 e. The summed E-state index contributed by atoms with van der Waals surface area (Å²) >= 11 is 0. The van der Waals surface area contributed by atoms with Crippen molar-refractivity contribution < 1.29 is 23.1 Å². The number of nitrogens with zero attached hydrogens (tertiary/aromatic N) is 5. The first-order valence-electron chi connectivity index (χ1n) is 12.4. The second kappa shape index (κ2) is 8.95. The van der Waals surface area contributed by atoms with E-state index >= 15 is 0 Å². The molecule has 2 saturated heterocycles. The van der Waals surface area contributed by atoms with Gasteiger partial charge in [-0.15, -0.1) is 0 Å². The molecule has 10 nitrogen and oxygen atoms in total. The highest BCUT2D eigenvalue weighted by Gasteiger charge is 2.69. The van der Waals surface area contributed by atoms with Crippen molar-refractivity contribution >= 4 is 31.4 Å². The Bertz CT molecular complexity index is 1290. The molecule has 3 aromatic rings. The zero-order valence-corrected chi connectivity index (χ0v) is 23.6. The minimum atomic E-state index is -2.73. The first kappa shape index (κ1) is 25.9. The average Bonchev–Trinajstić information content (AvgIpc) is 3.53. The molecule has 0 bridgehead atoms. The molecule has 4 atom stereocenters. The summed E-state index contributed by atoms with van der Waals surface area (Å²) in [5, 5.41) is -0.348. The van der Waals surface area contributed by atoms with E-state index in [-0.39, 0.29) is 22.1 Å². The number of hydrogen-bond donors (Lipinski definition) is 0. The fourth-order valence-corrected chi connectivity index (χ4v) is 10.5. The first-order chi connectivity index (χ1) is 17.4. The normalized spacial score (nSPS) is 25.4. The van der Waals surface area contributed by atoms with Crippen LogP contribution in [0, 0.1) is 0 Å². The van der Waals surface area contributed by atoms with Crippen molar-refractivity contribution in [2.24, 2.45) is 0 Å². The van der Waals surface area contributed by atoms with Crippen LogP contribution in [0.5, 0.6) is 0 Å². The topological polar surface area (TPSA) is 101 Å². The number of hydrogen-bond acceptors (Lipinski definition) is 8. The molecule has 1 unspecified atom stereocenters. The second-order valence-electron chi connectivity index (χ2n) is 11.7. The van der Waals surface area contributed by atoms with Gasteiger partial charge in [0.25, 0.3) is 5.91 Å². The monoisotopic (exact) mass is 525 g/mol. The number of aromatic nitrogens is 4. The largest absolute Gasteiger partial charge is 0.382 e. The summed E-state index contributed by atoms with van der Waals surface area (Å²) in [6, 6.07) is 9.05. The minimum Gasteiger partial charge on any atom is -0.382 e. The predicted molar refractivity (Wildman–Crippen MR) is 140 cm³/mol. The lowest BCUT2D eigenvalue weighted by Crippen LogP contribution is -2.55. The maximum Gasteiger partial charge on any atom is 0.351 e. The van der Waals surface area contributed by atoms with E-state index in [1.54, 1.807) is 37.2 Å². The summed E-state index contributed by atoms with van der Waals surface area (Å²) < 4.78 is 27.7. The van der Waals surface area contributed by atoms with Crippen LogP contribution in [0.3, 0.4) is 0 Å². The molecule has 0 radical (unpaired) electrons. The molecule has 37 heavy (non-hydrogen) atoms. The zero-order chi connectivity index (χ0) is 26.8. The van der Waals surface area contributed by atoms with Crippen LogP contribution in [0.15, 0.2) is 43.0 Å². The van der Waals surface area contributed by atoms with Gasteiger partial charge in [-0.05, 0) is 12.1 Å². The number of benzene rings is 1. The SMILES string of the molecule is COC1[C@H](n2cnc3c(N(C)C(=O)c4ccccc4)ncnc32)O[C@@H]2O[Si](C(C)(C)C)(C(C)(C)C)O[C@@H]12. The summed E-state index contributed by atoms with van der Waals surface area (Å²) in [6.45, 7) is 13.0. The van der Waals surface area contributed by atoms with Gasteiger partial charge in [0.15, 0.2) is 29.5 Å². The van der Waals surface area contributed by atoms with Gasteiger partial charge in [0, 0.05) is 29.8 Å². The van der Waals surface area contributed by atoms with E-state index in [1.165, 1.54) is 11.2 Å². The van der Waals surface area contributed by atoms with Crippen molar-refractivity contribution in [3.63, 3.8) is 0 Å².